The maximum absolute atomic E-state index is 5.21. The van der Waals surface area contributed by atoms with Crippen LogP contribution in [0.1, 0.15) is 5.56 Å². The number of fused-ring (bicyclic) bond motifs is 1. The number of hydrazone groups is 1. The van der Waals surface area contributed by atoms with E-state index in [0.717, 1.165) is 5.56 Å². The molecule has 0 radical (unpaired) electrons. The summed E-state index contributed by atoms with van der Waals surface area (Å²) in [4.78, 5) is 0. The molecule has 0 saturated carbocycles. The average molecular weight is 246 g/mol. The maximum Gasteiger partial charge on any atom is 0.0538 e. The van der Waals surface area contributed by atoms with Crippen LogP contribution in [0.15, 0.2) is 71.8 Å². The van der Waals surface area contributed by atoms with Gasteiger partial charge in [0.2, 0.25) is 0 Å². The number of nitrogens with two attached hydrogens (primary N) is 1. The van der Waals surface area contributed by atoms with Crippen LogP contribution in [0.25, 0.3) is 21.9 Å². The number of nitrogens with zero attached hydrogens (tertiary/aromatic N) is 1. The van der Waals surface area contributed by atoms with Gasteiger partial charge in [-0.3, -0.25) is 0 Å². The third-order valence-corrected chi connectivity index (χ3v) is 3.21. The van der Waals surface area contributed by atoms with E-state index in [9.17, 15) is 0 Å². The molecule has 0 spiro atoms. The van der Waals surface area contributed by atoms with Crippen LogP contribution < -0.4 is 5.84 Å². The molecule has 0 fully saturated rings. The van der Waals surface area contributed by atoms with Crippen LogP contribution in [0.4, 0.5) is 0 Å². The fourth-order valence-corrected chi connectivity index (χ4v) is 2.35. The lowest BCUT2D eigenvalue weighted by Gasteiger charge is -2.07. The molecular formula is C17H14N2. The highest BCUT2D eigenvalue weighted by Gasteiger charge is 2.03. The monoisotopic (exact) mass is 246 g/mol. The van der Waals surface area contributed by atoms with E-state index in [1.807, 2.05) is 12.1 Å². The molecule has 0 amide bonds. The van der Waals surface area contributed by atoms with Crippen molar-refractivity contribution < 1.29 is 0 Å². The molecule has 0 atom stereocenters. The van der Waals surface area contributed by atoms with E-state index in [0.29, 0.717) is 0 Å². The number of rotatable bonds is 2. The maximum atomic E-state index is 5.21. The summed E-state index contributed by atoms with van der Waals surface area (Å²) in [5.74, 6) is 5.21. The second-order valence-corrected chi connectivity index (χ2v) is 4.43. The summed E-state index contributed by atoms with van der Waals surface area (Å²) in [7, 11) is 0. The minimum absolute atomic E-state index is 1.01. The summed E-state index contributed by atoms with van der Waals surface area (Å²) >= 11 is 0. The highest BCUT2D eigenvalue weighted by atomic mass is 15.1. The Balaban J connectivity index is 2.21. The molecule has 0 aliphatic carbocycles. The predicted octanol–water partition coefficient (Wildman–Crippen LogP) is 3.80. The van der Waals surface area contributed by atoms with Crippen molar-refractivity contribution >= 4 is 17.0 Å². The van der Waals surface area contributed by atoms with Crippen molar-refractivity contribution in [2.45, 2.75) is 0 Å². The molecule has 3 aromatic rings. The van der Waals surface area contributed by atoms with Crippen LogP contribution >= 0.6 is 0 Å². The topological polar surface area (TPSA) is 38.4 Å². The van der Waals surface area contributed by atoms with Crippen molar-refractivity contribution in [1.29, 1.82) is 0 Å². The minimum Gasteiger partial charge on any atom is -0.323 e. The Labute approximate surface area is 112 Å². The van der Waals surface area contributed by atoms with Crippen LogP contribution in [0.2, 0.25) is 0 Å². The Morgan fingerprint density at radius 1 is 0.842 bits per heavy atom. The number of hydrogen-bond acceptors (Lipinski definition) is 2. The molecule has 0 saturated heterocycles. The van der Waals surface area contributed by atoms with E-state index in [1.54, 1.807) is 6.21 Å². The van der Waals surface area contributed by atoms with E-state index < -0.39 is 0 Å². The average Bonchev–Trinajstić information content (AvgIpc) is 2.47. The first-order chi connectivity index (χ1) is 9.38. The van der Waals surface area contributed by atoms with Gasteiger partial charge in [-0.25, -0.2) is 0 Å². The van der Waals surface area contributed by atoms with Gasteiger partial charge < -0.3 is 5.84 Å². The van der Waals surface area contributed by atoms with Gasteiger partial charge in [-0.15, -0.1) is 0 Å². The fraction of sp³-hybridized carbons (Fsp3) is 0. The first kappa shape index (κ1) is 11.5. The zero-order valence-corrected chi connectivity index (χ0v) is 10.5. The molecule has 0 bridgehead atoms. The summed E-state index contributed by atoms with van der Waals surface area (Å²) in [6.45, 7) is 0. The SMILES string of the molecule is NN=Cc1cccc(-c2cccc3ccccc23)c1. The van der Waals surface area contributed by atoms with E-state index in [-0.39, 0.29) is 0 Å². The molecule has 0 heterocycles. The summed E-state index contributed by atoms with van der Waals surface area (Å²) in [6, 6.07) is 23.0. The zero-order valence-electron chi connectivity index (χ0n) is 10.5. The lowest BCUT2D eigenvalue weighted by atomic mass is 9.97. The molecule has 3 rings (SSSR count). The van der Waals surface area contributed by atoms with Gasteiger partial charge in [0.25, 0.3) is 0 Å². The third kappa shape index (κ3) is 2.20. The summed E-state index contributed by atoms with van der Waals surface area (Å²) in [5, 5.41) is 6.08. The molecule has 3 aromatic carbocycles. The Morgan fingerprint density at radius 2 is 1.63 bits per heavy atom. The zero-order chi connectivity index (χ0) is 13.1. The van der Waals surface area contributed by atoms with Gasteiger partial charge >= 0.3 is 0 Å². The molecule has 2 nitrogen and oxygen atoms in total. The van der Waals surface area contributed by atoms with Crippen molar-refractivity contribution in [2.75, 3.05) is 0 Å². The van der Waals surface area contributed by atoms with Gasteiger partial charge in [0.1, 0.15) is 0 Å². The first-order valence-corrected chi connectivity index (χ1v) is 6.20. The quantitative estimate of drug-likeness (QED) is 0.417. The molecule has 0 aliphatic heterocycles. The van der Waals surface area contributed by atoms with E-state index in [1.165, 1.54) is 21.9 Å². The lowest BCUT2D eigenvalue weighted by Crippen LogP contribution is -1.87. The van der Waals surface area contributed by atoms with Crippen molar-refractivity contribution in [1.82, 2.24) is 0 Å². The first-order valence-electron chi connectivity index (χ1n) is 6.20. The van der Waals surface area contributed by atoms with Gasteiger partial charge in [0.15, 0.2) is 0 Å². The van der Waals surface area contributed by atoms with Crippen LogP contribution in [0.5, 0.6) is 0 Å². The second-order valence-electron chi connectivity index (χ2n) is 4.43. The molecule has 19 heavy (non-hydrogen) atoms. The van der Waals surface area contributed by atoms with Crippen molar-refractivity contribution in [3.05, 3.63) is 72.3 Å². The molecule has 2 heteroatoms. The Bertz CT molecular complexity index is 740. The van der Waals surface area contributed by atoms with Crippen LogP contribution in [0, 0.1) is 0 Å². The summed E-state index contributed by atoms with van der Waals surface area (Å²) in [5.41, 5.74) is 3.41. The highest BCUT2D eigenvalue weighted by Crippen LogP contribution is 2.28. The fourth-order valence-electron chi connectivity index (χ4n) is 2.35. The summed E-state index contributed by atoms with van der Waals surface area (Å²) < 4.78 is 0. The van der Waals surface area contributed by atoms with Gasteiger partial charge in [-0.05, 0) is 33.5 Å². The molecule has 0 aromatic heterocycles. The Morgan fingerprint density at radius 3 is 2.53 bits per heavy atom. The van der Waals surface area contributed by atoms with Crippen LogP contribution in [-0.4, -0.2) is 6.21 Å². The largest absolute Gasteiger partial charge is 0.323 e. The summed E-state index contributed by atoms with van der Waals surface area (Å²) in [6.07, 6.45) is 1.66. The van der Waals surface area contributed by atoms with Gasteiger partial charge in [-0.2, -0.15) is 5.10 Å². The van der Waals surface area contributed by atoms with E-state index in [4.69, 9.17) is 5.84 Å². The smallest absolute Gasteiger partial charge is 0.0538 e. The predicted molar refractivity (Wildman–Crippen MR) is 81.2 cm³/mol. The standard InChI is InChI=1S/C17H14N2/c18-19-12-13-5-3-8-15(11-13)17-10-4-7-14-6-1-2-9-16(14)17/h1-12H,18H2. The minimum atomic E-state index is 1.01. The van der Waals surface area contributed by atoms with Crippen molar-refractivity contribution in [3.8, 4) is 11.1 Å². The normalized spacial score (nSPS) is 11.2. The van der Waals surface area contributed by atoms with Crippen molar-refractivity contribution in [3.63, 3.8) is 0 Å². The second kappa shape index (κ2) is 4.94. The van der Waals surface area contributed by atoms with E-state index in [2.05, 4.69) is 59.7 Å². The van der Waals surface area contributed by atoms with Crippen LogP contribution in [-0.2, 0) is 0 Å². The molecule has 0 unspecified atom stereocenters. The lowest BCUT2D eigenvalue weighted by molar-refractivity contribution is 1.26. The Kier molecular flexibility index (Phi) is 2.99. The van der Waals surface area contributed by atoms with Crippen LogP contribution in [0.3, 0.4) is 0 Å². The van der Waals surface area contributed by atoms with Gasteiger partial charge in [0.05, 0.1) is 6.21 Å². The molecule has 92 valence electrons. The Hall–Kier alpha value is -2.61. The highest BCUT2D eigenvalue weighted by molar-refractivity contribution is 5.97. The van der Waals surface area contributed by atoms with Gasteiger partial charge in [0, 0.05) is 0 Å². The molecule has 0 aliphatic rings. The number of hydrogen-bond donors (Lipinski definition) is 1. The molecule has 2 N–H and O–H groups in total. The van der Waals surface area contributed by atoms with E-state index >= 15 is 0 Å². The van der Waals surface area contributed by atoms with Gasteiger partial charge in [-0.1, -0.05) is 60.7 Å². The number of benzene rings is 3. The third-order valence-electron chi connectivity index (χ3n) is 3.21. The van der Waals surface area contributed by atoms with Crippen molar-refractivity contribution in [2.24, 2.45) is 10.9 Å². The molecular weight excluding hydrogens is 232 g/mol.